The topological polar surface area (TPSA) is 50.7 Å². The summed E-state index contributed by atoms with van der Waals surface area (Å²) >= 11 is 0. The van der Waals surface area contributed by atoms with Gasteiger partial charge in [0, 0.05) is 6.04 Å². The minimum absolute atomic E-state index is 0.141. The second kappa shape index (κ2) is 5.59. The van der Waals surface area contributed by atoms with Crippen LogP contribution in [0, 0.1) is 6.92 Å². The van der Waals surface area contributed by atoms with Gasteiger partial charge in [-0.05, 0) is 49.6 Å². The van der Waals surface area contributed by atoms with Crippen LogP contribution in [0.1, 0.15) is 30.1 Å². The van der Waals surface area contributed by atoms with Crippen LogP contribution in [0.4, 0.5) is 0 Å². The third kappa shape index (κ3) is 2.44. The number of hydrogen-bond acceptors (Lipinski definition) is 4. The summed E-state index contributed by atoms with van der Waals surface area (Å²) in [6.45, 7) is 2.96. The molecule has 1 aromatic carbocycles. The summed E-state index contributed by atoms with van der Waals surface area (Å²) < 4.78 is 10.5. The highest BCUT2D eigenvalue weighted by molar-refractivity contribution is 5.48. The van der Waals surface area contributed by atoms with Gasteiger partial charge >= 0.3 is 0 Å². The van der Waals surface area contributed by atoms with Gasteiger partial charge in [-0.2, -0.15) is 0 Å². The third-order valence-electron chi connectivity index (χ3n) is 3.57. The highest BCUT2D eigenvalue weighted by Crippen LogP contribution is 2.34. The number of aliphatic hydroxyl groups excluding tert-OH is 1. The van der Waals surface area contributed by atoms with E-state index in [0.29, 0.717) is 11.5 Å². The molecule has 2 rings (SSSR count). The molecule has 1 aliphatic rings. The van der Waals surface area contributed by atoms with Crippen LogP contribution in [0.25, 0.3) is 0 Å². The Hall–Kier alpha value is -1.26. The second-order valence-corrected chi connectivity index (χ2v) is 4.71. The Balaban J connectivity index is 2.31. The van der Waals surface area contributed by atoms with Gasteiger partial charge in [0.25, 0.3) is 0 Å². The predicted octanol–water partition coefficient (Wildman–Crippen LogP) is 1.80. The lowest BCUT2D eigenvalue weighted by molar-refractivity contribution is 0.136. The first-order valence-electron chi connectivity index (χ1n) is 6.31. The number of nitrogens with one attached hydrogen (secondary N) is 1. The summed E-state index contributed by atoms with van der Waals surface area (Å²) in [4.78, 5) is 0. The van der Waals surface area contributed by atoms with Crippen molar-refractivity contribution in [1.82, 2.24) is 5.32 Å². The van der Waals surface area contributed by atoms with E-state index in [-0.39, 0.29) is 6.04 Å². The number of rotatable bonds is 4. The van der Waals surface area contributed by atoms with Crippen LogP contribution in [0.2, 0.25) is 0 Å². The van der Waals surface area contributed by atoms with Crippen molar-refractivity contribution in [3.8, 4) is 11.5 Å². The first-order chi connectivity index (χ1) is 8.67. The second-order valence-electron chi connectivity index (χ2n) is 4.71. The van der Waals surface area contributed by atoms with Gasteiger partial charge in [-0.25, -0.2) is 0 Å². The highest BCUT2D eigenvalue weighted by Gasteiger charge is 2.26. The van der Waals surface area contributed by atoms with Crippen molar-refractivity contribution in [2.75, 3.05) is 20.8 Å². The van der Waals surface area contributed by atoms with Crippen LogP contribution in [-0.4, -0.2) is 31.9 Å². The maximum Gasteiger partial charge on any atom is 0.161 e. The summed E-state index contributed by atoms with van der Waals surface area (Å²) in [5.41, 5.74) is 1.93. The molecule has 0 bridgehead atoms. The van der Waals surface area contributed by atoms with Crippen molar-refractivity contribution in [2.24, 2.45) is 0 Å². The zero-order chi connectivity index (χ0) is 13.1. The van der Waals surface area contributed by atoms with Crippen molar-refractivity contribution >= 4 is 0 Å². The van der Waals surface area contributed by atoms with E-state index < -0.39 is 6.10 Å². The Labute approximate surface area is 108 Å². The zero-order valence-corrected chi connectivity index (χ0v) is 11.2. The molecular weight excluding hydrogens is 230 g/mol. The van der Waals surface area contributed by atoms with Crippen LogP contribution < -0.4 is 14.8 Å². The van der Waals surface area contributed by atoms with Gasteiger partial charge in [0.15, 0.2) is 11.5 Å². The van der Waals surface area contributed by atoms with E-state index in [1.807, 2.05) is 19.1 Å². The third-order valence-corrected chi connectivity index (χ3v) is 3.57. The van der Waals surface area contributed by atoms with Gasteiger partial charge in [-0.3, -0.25) is 0 Å². The fraction of sp³-hybridized carbons (Fsp3) is 0.571. The average molecular weight is 251 g/mol. The maximum atomic E-state index is 10.4. The monoisotopic (exact) mass is 251 g/mol. The van der Waals surface area contributed by atoms with Gasteiger partial charge in [-0.1, -0.05) is 0 Å². The molecule has 1 saturated heterocycles. The molecule has 2 N–H and O–H groups in total. The van der Waals surface area contributed by atoms with Crippen LogP contribution in [0.15, 0.2) is 12.1 Å². The molecule has 0 spiro atoms. The zero-order valence-electron chi connectivity index (χ0n) is 11.2. The molecule has 2 atom stereocenters. The van der Waals surface area contributed by atoms with Crippen molar-refractivity contribution < 1.29 is 14.6 Å². The van der Waals surface area contributed by atoms with E-state index in [4.69, 9.17) is 9.47 Å². The lowest BCUT2D eigenvalue weighted by atomic mass is 9.96. The summed E-state index contributed by atoms with van der Waals surface area (Å²) in [5.74, 6) is 1.36. The van der Waals surface area contributed by atoms with E-state index >= 15 is 0 Å². The molecule has 4 heteroatoms. The normalized spacial score (nSPS) is 20.8. The largest absolute Gasteiger partial charge is 0.493 e. The first kappa shape index (κ1) is 13.2. The molecule has 0 aliphatic carbocycles. The quantitative estimate of drug-likeness (QED) is 0.856. The van der Waals surface area contributed by atoms with Crippen LogP contribution in [-0.2, 0) is 0 Å². The van der Waals surface area contributed by atoms with Gasteiger partial charge in [0.2, 0.25) is 0 Å². The minimum atomic E-state index is -0.493. The van der Waals surface area contributed by atoms with E-state index in [1.165, 1.54) is 0 Å². The number of aryl methyl sites for hydroxylation is 1. The molecule has 0 aromatic heterocycles. The van der Waals surface area contributed by atoms with E-state index in [9.17, 15) is 5.11 Å². The molecule has 100 valence electrons. The van der Waals surface area contributed by atoms with Crippen molar-refractivity contribution in [1.29, 1.82) is 0 Å². The maximum absolute atomic E-state index is 10.4. The molecule has 0 saturated carbocycles. The number of aliphatic hydroxyl groups is 1. The van der Waals surface area contributed by atoms with Crippen molar-refractivity contribution in [2.45, 2.75) is 31.9 Å². The standard InChI is InChI=1S/C14H21NO3/c1-9-7-12(17-2)13(18-3)8-10(9)14(16)11-5-4-6-15-11/h7-8,11,14-16H,4-6H2,1-3H3. The Kier molecular flexibility index (Phi) is 4.09. The Morgan fingerprint density at radius 1 is 1.28 bits per heavy atom. The van der Waals surface area contributed by atoms with Crippen molar-refractivity contribution in [3.05, 3.63) is 23.3 Å². The molecule has 0 amide bonds. The first-order valence-corrected chi connectivity index (χ1v) is 6.31. The van der Waals surface area contributed by atoms with E-state index in [1.54, 1.807) is 14.2 Å². The molecule has 1 aliphatic heterocycles. The van der Waals surface area contributed by atoms with Crippen LogP contribution >= 0.6 is 0 Å². The molecule has 0 radical (unpaired) electrons. The lowest BCUT2D eigenvalue weighted by Gasteiger charge is -2.22. The molecule has 1 heterocycles. The number of methoxy groups -OCH3 is 2. The fourth-order valence-corrected chi connectivity index (χ4v) is 2.51. The minimum Gasteiger partial charge on any atom is -0.493 e. The molecule has 2 unspecified atom stereocenters. The fourth-order valence-electron chi connectivity index (χ4n) is 2.51. The number of ether oxygens (including phenoxy) is 2. The SMILES string of the molecule is COc1cc(C)c(C(O)C2CCCN2)cc1OC. The number of hydrogen-bond donors (Lipinski definition) is 2. The summed E-state index contributed by atoms with van der Waals surface area (Å²) in [6, 6.07) is 3.92. The van der Waals surface area contributed by atoms with E-state index in [0.717, 1.165) is 30.5 Å². The van der Waals surface area contributed by atoms with Gasteiger partial charge < -0.3 is 19.9 Å². The average Bonchev–Trinajstić information content (AvgIpc) is 2.91. The van der Waals surface area contributed by atoms with Crippen LogP contribution in [0.5, 0.6) is 11.5 Å². The van der Waals surface area contributed by atoms with Gasteiger partial charge in [0.05, 0.1) is 20.3 Å². The van der Waals surface area contributed by atoms with E-state index in [2.05, 4.69) is 5.32 Å². The Bertz CT molecular complexity index is 414. The predicted molar refractivity (Wildman–Crippen MR) is 70.3 cm³/mol. The van der Waals surface area contributed by atoms with Crippen LogP contribution in [0.3, 0.4) is 0 Å². The van der Waals surface area contributed by atoms with Gasteiger partial charge in [-0.15, -0.1) is 0 Å². The highest BCUT2D eigenvalue weighted by atomic mass is 16.5. The molecular formula is C14H21NO3. The molecule has 1 fully saturated rings. The lowest BCUT2D eigenvalue weighted by Crippen LogP contribution is -2.29. The van der Waals surface area contributed by atoms with Gasteiger partial charge in [0.1, 0.15) is 0 Å². The molecule has 4 nitrogen and oxygen atoms in total. The number of benzene rings is 1. The smallest absolute Gasteiger partial charge is 0.161 e. The summed E-state index contributed by atoms with van der Waals surface area (Å²) in [5, 5.41) is 13.8. The van der Waals surface area contributed by atoms with Crippen molar-refractivity contribution in [3.63, 3.8) is 0 Å². The molecule has 1 aromatic rings. The Morgan fingerprint density at radius 3 is 2.50 bits per heavy atom. The Morgan fingerprint density at radius 2 is 1.94 bits per heavy atom. The molecule has 18 heavy (non-hydrogen) atoms. The summed E-state index contributed by atoms with van der Waals surface area (Å²) in [7, 11) is 3.23. The summed E-state index contributed by atoms with van der Waals surface area (Å²) in [6.07, 6.45) is 1.63.